The van der Waals surface area contributed by atoms with Crippen LogP contribution in [0.3, 0.4) is 0 Å². The number of nitrogens with zero attached hydrogens (tertiary/aromatic N) is 2. The van der Waals surface area contributed by atoms with Crippen molar-refractivity contribution in [1.82, 2.24) is 9.80 Å². The molecule has 20 heavy (non-hydrogen) atoms. The largest absolute Gasteiger partial charge is 0.341 e. The molecule has 1 heterocycles. The highest BCUT2D eigenvalue weighted by Gasteiger charge is 2.28. The van der Waals surface area contributed by atoms with Crippen LogP contribution in [0.2, 0.25) is 0 Å². The molecule has 2 atom stereocenters. The zero-order valence-electron chi connectivity index (χ0n) is 13.9. The van der Waals surface area contributed by atoms with Crippen molar-refractivity contribution in [3.8, 4) is 0 Å². The van der Waals surface area contributed by atoms with Gasteiger partial charge in [0.15, 0.2) is 0 Å². The van der Waals surface area contributed by atoms with Crippen molar-refractivity contribution in [2.24, 2.45) is 17.6 Å². The van der Waals surface area contributed by atoms with Crippen LogP contribution in [0.25, 0.3) is 0 Å². The van der Waals surface area contributed by atoms with E-state index in [9.17, 15) is 4.79 Å². The number of nitrogens with two attached hydrogens (primary N) is 1. The number of carbonyl (C=O) groups is 1. The van der Waals surface area contributed by atoms with E-state index in [4.69, 9.17) is 5.73 Å². The first-order valence-corrected chi connectivity index (χ1v) is 8.11. The fourth-order valence-corrected chi connectivity index (χ4v) is 2.66. The maximum atomic E-state index is 12.3. The van der Waals surface area contributed by atoms with Gasteiger partial charge in [0.05, 0.1) is 6.04 Å². The van der Waals surface area contributed by atoms with E-state index in [1.807, 2.05) is 4.90 Å². The van der Waals surface area contributed by atoms with E-state index in [-0.39, 0.29) is 17.9 Å². The second-order valence-corrected chi connectivity index (χ2v) is 6.71. The molecule has 0 aliphatic carbocycles. The molecule has 118 valence electrons. The molecule has 2 N–H and O–H groups in total. The lowest BCUT2D eigenvalue weighted by atomic mass is 9.93. The normalized spacial score (nSPS) is 20.5. The first-order chi connectivity index (χ1) is 9.36. The zero-order chi connectivity index (χ0) is 15.3. The first-order valence-electron chi connectivity index (χ1n) is 8.11. The summed E-state index contributed by atoms with van der Waals surface area (Å²) < 4.78 is 0. The zero-order valence-corrected chi connectivity index (χ0v) is 13.9. The topological polar surface area (TPSA) is 49.6 Å². The Bertz CT molecular complexity index is 298. The smallest absolute Gasteiger partial charge is 0.239 e. The van der Waals surface area contributed by atoms with Crippen molar-refractivity contribution in [2.75, 3.05) is 26.7 Å². The van der Waals surface area contributed by atoms with Gasteiger partial charge in [-0.05, 0) is 45.6 Å². The van der Waals surface area contributed by atoms with Gasteiger partial charge >= 0.3 is 0 Å². The van der Waals surface area contributed by atoms with Gasteiger partial charge in [0.2, 0.25) is 5.91 Å². The molecule has 0 aromatic heterocycles. The summed E-state index contributed by atoms with van der Waals surface area (Å²) in [5, 5.41) is 0. The van der Waals surface area contributed by atoms with Gasteiger partial charge in [0.25, 0.3) is 0 Å². The van der Waals surface area contributed by atoms with E-state index in [0.29, 0.717) is 12.0 Å². The number of hydrogen-bond donors (Lipinski definition) is 1. The Balaban J connectivity index is 2.40. The molecule has 2 unspecified atom stereocenters. The summed E-state index contributed by atoms with van der Waals surface area (Å²) in [5.41, 5.74) is 6.06. The minimum atomic E-state index is -0.324. The second kappa shape index (κ2) is 7.99. The van der Waals surface area contributed by atoms with Crippen LogP contribution in [0.4, 0.5) is 0 Å². The highest BCUT2D eigenvalue weighted by molar-refractivity contribution is 5.82. The molecular weight excluding hydrogens is 250 g/mol. The Kier molecular flexibility index (Phi) is 6.96. The second-order valence-electron chi connectivity index (χ2n) is 6.71. The molecule has 0 radical (unpaired) electrons. The van der Waals surface area contributed by atoms with Crippen LogP contribution in [0.1, 0.15) is 47.0 Å². The summed E-state index contributed by atoms with van der Waals surface area (Å²) in [5.74, 6) is 1.13. The van der Waals surface area contributed by atoms with Gasteiger partial charge in [-0.25, -0.2) is 0 Å². The molecule has 1 aliphatic heterocycles. The summed E-state index contributed by atoms with van der Waals surface area (Å²) in [4.78, 5) is 16.7. The minimum Gasteiger partial charge on any atom is -0.341 e. The molecule has 0 saturated carbocycles. The Morgan fingerprint density at radius 3 is 2.30 bits per heavy atom. The van der Waals surface area contributed by atoms with E-state index in [2.05, 4.69) is 39.6 Å². The Labute approximate surface area is 124 Å². The van der Waals surface area contributed by atoms with Crippen molar-refractivity contribution >= 4 is 5.91 Å². The fourth-order valence-electron chi connectivity index (χ4n) is 2.66. The van der Waals surface area contributed by atoms with Gasteiger partial charge in [-0.3, -0.25) is 4.79 Å². The third kappa shape index (κ3) is 4.74. The average molecular weight is 283 g/mol. The molecule has 0 aromatic rings. The third-order valence-corrected chi connectivity index (χ3v) is 4.90. The SMILES string of the molecule is CCC(C)C(N)C(=O)N1CCC(CN(C)C(C)C)CC1. The highest BCUT2D eigenvalue weighted by Crippen LogP contribution is 2.20. The summed E-state index contributed by atoms with van der Waals surface area (Å²) >= 11 is 0. The number of hydrogen-bond acceptors (Lipinski definition) is 3. The van der Waals surface area contributed by atoms with Crippen LogP contribution < -0.4 is 5.73 Å². The molecule has 1 saturated heterocycles. The van der Waals surface area contributed by atoms with Gasteiger partial charge in [-0.15, -0.1) is 0 Å². The molecule has 0 spiro atoms. The monoisotopic (exact) mass is 283 g/mol. The predicted octanol–water partition coefficient (Wildman–Crippen LogP) is 1.94. The lowest BCUT2D eigenvalue weighted by molar-refractivity contribution is -0.135. The average Bonchev–Trinajstić information content (AvgIpc) is 2.45. The molecule has 4 nitrogen and oxygen atoms in total. The quantitative estimate of drug-likeness (QED) is 0.810. The van der Waals surface area contributed by atoms with Crippen LogP contribution in [0, 0.1) is 11.8 Å². The van der Waals surface area contributed by atoms with Crippen molar-refractivity contribution in [3.05, 3.63) is 0 Å². The van der Waals surface area contributed by atoms with Crippen molar-refractivity contribution in [2.45, 2.75) is 59.0 Å². The number of likely N-dealkylation sites (tertiary alicyclic amines) is 1. The van der Waals surface area contributed by atoms with Gasteiger partial charge < -0.3 is 15.5 Å². The molecule has 1 fully saturated rings. The third-order valence-electron chi connectivity index (χ3n) is 4.90. The summed E-state index contributed by atoms with van der Waals surface area (Å²) in [6.45, 7) is 11.5. The van der Waals surface area contributed by atoms with E-state index in [1.54, 1.807) is 0 Å². The maximum absolute atomic E-state index is 12.3. The Hall–Kier alpha value is -0.610. The molecule has 4 heteroatoms. The van der Waals surface area contributed by atoms with Crippen LogP contribution in [-0.4, -0.2) is 54.5 Å². The van der Waals surface area contributed by atoms with Crippen LogP contribution >= 0.6 is 0 Å². The molecule has 1 aliphatic rings. The van der Waals surface area contributed by atoms with Crippen molar-refractivity contribution in [1.29, 1.82) is 0 Å². The van der Waals surface area contributed by atoms with E-state index >= 15 is 0 Å². The van der Waals surface area contributed by atoms with Crippen LogP contribution in [-0.2, 0) is 4.79 Å². The molecule has 0 aromatic carbocycles. The number of carbonyl (C=O) groups excluding carboxylic acids is 1. The fraction of sp³-hybridized carbons (Fsp3) is 0.938. The molecular formula is C16H33N3O. The standard InChI is InChI=1S/C16H33N3O/c1-6-13(4)15(17)16(20)19-9-7-14(8-10-19)11-18(5)12(2)3/h12-15H,6-11,17H2,1-5H3. The number of amides is 1. The Morgan fingerprint density at radius 1 is 1.30 bits per heavy atom. The highest BCUT2D eigenvalue weighted by atomic mass is 16.2. The number of rotatable bonds is 6. The predicted molar refractivity (Wildman–Crippen MR) is 84.5 cm³/mol. The van der Waals surface area contributed by atoms with Gasteiger partial charge in [-0.1, -0.05) is 20.3 Å². The molecule has 1 amide bonds. The summed E-state index contributed by atoms with van der Waals surface area (Å²) in [7, 11) is 2.18. The lowest BCUT2D eigenvalue weighted by Crippen LogP contribution is -2.50. The lowest BCUT2D eigenvalue weighted by Gasteiger charge is -2.36. The van der Waals surface area contributed by atoms with E-state index < -0.39 is 0 Å². The maximum Gasteiger partial charge on any atom is 0.239 e. The Morgan fingerprint density at radius 2 is 1.85 bits per heavy atom. The minimum absolute atomic E-state index is 0.148. The van der Waals surface area contributed by atoms with Gasteiger partial charge in [-0.2, -0.15) is 0 Å². The molecule has 1 rings (SSSR count). The first kappa shape index (κ1) is 17.4. The summed E-state index contributed by atoms with van der Waals surface area (Å²) in [6, 6.07) is 0.267. The number of piperidine rings is 1. The van der Waals surface area contributed by atoms with E-state index in [1.165, 1.54) is 0 Å². The van der Waals surface area contributed by atoms with E-state index in [0.717, 1.165) is 38.9 Å². The van der Waals surface area contributed by atoms with Crippen LogP contribution in [0.15, 0.2) is 0 Å². The summed E-state index contributed by atoms with van der Waals surface area (Å²) in [6.07, 6.45) is 3.18. The van der Waals surface area contributed by atoms with Crippen molar-refractivity contribution in [3.63, 3.8) is 0 Å². The van der Waals surface area contributed by atoms with Crippen LogP contribution in [0.5, 0.6) is 0 Å². The van der Waals surface area contributed by atoms with Crippen molar-refractivity contribution < 1.29 is 4.79 Å². The van der Waals surface area contributed by atoms with Gasteiger partial charge in [0, 0.05) is 25.7 Å². The van der Waals surface area contributed by atoms with Gasteiger partial charge in [0.1, 0.15) is 0 Å². The molecule has 0 bridgehead atoms.